The molecule has 2 atom stereocenters. The predicted octanol–water partition coefficient (Wildman–Crippen LogP) is 3.50. The SMILES string of the molecule is OC[C@H](O)c1cnc(C2=CCN(C(O)Nc3nc4ccc(Cl)cc4s3)CC2)c(Cl)c1. The van der Waals surface area contributed by atoms with Crippen molar-refractivity contribution in [2.75, 3.05) is 25.0 Å². The molecule has 3 aromatic rings. The Hall–Kier alpha value is -1.78. The highest BCUT2D eigenvalue weighted by atomic mass is 35.5. The molecule has 4 rings (SSSR count). The Bertz CT molecular complexity index is 1090. The minimum Gasteiger partial charge on any atom is -0.393 e. The van der Waals surface area contributed by atoms with Crippen LogP contribution in [-0.4, -0.2) is 56.2 Å². The van der Waals surface area contributed by atoms with Gasteiger partial charge in [-0.3, -0.25) is 9.88 Å². The highest BCUT2D eigenvalue weighted by Gasteiger charge is 2.22. The van der Waals surface area contributed by atoms with Crippen LogP contribution in [-0.2, 0) is 0 Å². The van der Waals surface area contributed by atoms with Crippen LogP contribution in [0.3, 0.4) is 0 Å². The summed E-state index contributed by atoms with van der Waals surface area (Å²) in [6.07, 6.45) is 2.26. The van der Waals surface area contributed by atoms with Crippen LogP contribution < -0.4 is 5.32 Å². The number of fused-ring (bicyclic) bond motifs is 1. The van der Waals surface area contributed by atoms with Crippen molar-refractivity contribution >= 4 is 55.5 Å². The van der Waals surface area contributed by atoms with Gasteiger partial charge >= 0.3 is 0 Å². The summed E-state index contributed by atoms with van der Waals surface area (Å²) in [7, 11) is 0. The molecular formula is C20H20Cl2N4O3S. The van der Waals surface area contributed by atoms with Gasteiger partial charge in [-0.25, -0.2) is 4.98 Å². The molecule has 0 amide bonds. The van der Waals surface area contributed by atoms with Crippen molar-refractivity contribution in [1.29, 1.82) is 0 Å². The first-order valence-corrected chi connectivity index (χ1v) is 10.9. The molecule has 4 N–H and O–H groups in total. The zero-order valence-corrected chi connectivity index (χ0v) is 18.1. The van der Waals surface area contributed by atoms with E-state index in [1.807, 2.05) is 23.1 Å². The van der Waals surface area contributed by atoms with E-state index in [9.17, 15) is 10.2 Å². The highest BCUT2D eigenvalue weighted by molar-refractivity contribution is 7.22. The van der Waals surface area contributed by atoms with Crippen LogP contribution in [0.2, 0.25) is 10.0 Å². The minimum absolute atomic E-state index is 0.387. The topological polar surface area (TPSA) is 102 Å². The number of anilines is 1. The van der Waals surface area contributed by atoms with E-state index in [1.165, 1.54) is 17.5 Å². The second kappa shape index (κ2) is 9.15. The van der Waals surface area contributed by atoms with Gasteiger partial charge in [0.05, 0.1) is 27.5 Å². The maximum atomic E-state index is 10.6. The Balaban J connectivity index is 1.42. The fraction of sp³-hybridized carbons (Fsp3) is 0.300. The van der Waals surface area contributed by atoms with Crippen LogP contribution in [0.4, 0.5) is 5.13 Å². The molecule has 2 aromatic heterocycles. The second-order valence-electron chi connectivity index (χ2n) is 6.92. The fourth-order valence-electron chi connectivity index (χ4n) is 3.26. The van der Waals surface area contributed by atoms with E-state index in [-0.39, 0.29) is 6.61 Å². The molecule has 0 saturated heterocycles. The number of hydrogen-bond acceptors (Lipinski definition) is 8. The van der Waals surface area contributed by atoms with Crippen LogP contribution in [0.15, 0.2) is 36.5 Å². The summed E-state index contributed by atoms with van der Waals surface area (Å²) in [6, 6.07) is 7.11. The molecule has 0 fully saturated rings. The lowest BCUT2D eigenvalue weighted by Gasteiger charge is -2.30. The second-order valence-corrected chi connectivity index (χ2v) is 8.80. The Morgan fingerprint density at radius 3 is 2.77 bits per heavy atom. The number of aliphatic hydroxyl groups is 3. The lowest BCUT2D eigenvalue weighted by atomic mass is 10.0. The molecule has 1 unspecified atom stereocenters. The minimum atomic E-state index is -1.00. The summed E-state index contributed by atoms with van der Waals surface area (Å²) < 4.78 is 0.952. The molecule has 1 aromatic carbocycles. The number of hydrogen-bond donors (Lipinski definition) is 4. The third kappa shape index (κ3) is 4.60. The fourth-order valence-corrected chi connectivity index (χ4v) is 4.71. The zero-order valence-electron chi connectivity index (χ0n) is 15.8. The molecule has 0 bridgehead atoms. The van der Waals surface area contributed by atoms with Crippen molar-refractivity contribution in [2.24, 2.45) is 0 Å². The molecule has 0 radical (unpaired) electrons. The summed E-state index contributed by atoms with van der Waals surface area (Å²) in [5, 5.41) is 34.1. The Morgan fingerprint density at radius 1 is 1.23 bits per heavy atom. The standard InChI is InChI=1S/C20H20Cl2N4O3S/c21-13-1-2-15-17(8-13)30-19(24-15)25-20(29)26-5-3-11(4-6-26)18-14(22)7-12(9-23-18)16(28)10-27/h1-3,7-9,16,20,27-29H,4-6,10H2,(H,24,25)/t16-,20?/m0/s1. The summed E-state index contributed by atoms with van der Waals surface area (Å²) >= 11 is 13.8. The smallest absolute Gasteiger partial charge is 0.186 e. The molecule has 3 heterocycles. The number of pyridine rings is 1. The first kappa shape index (κ1) is 21.5. The van der Waals surface area contributed by atoms with Crippen LogP contribution in [0.1, 0.15) is 23.8 Å². The molecular weight excluding hydrogens is 447 g/mol. The molecule has 1 aliphatic rings. The molecule has 0 saturated carbocycles. The van der Waals surface area contributed by atoms with Crippen LogP contribution in [0.5, 0.6) is 0 Å². The van der Waals surface area contributed by atoms with Crippen molar-refractivity contribution in [3.05, 3.63) is 57.8 Å². The average Bonchev–Trinajstić information content (AvgIpc) is 3.14. The summed E-state index contributed by atoms with van der Waals surface area (Å²) in [6.45, 7) is 0.733. The molecule has 30 heavy (non-hydrogen) atoms. The van der Waals surface area contributed by atoms with Crippen molar-refractivity contribution in [3.8, 4) is 0 Å². The van der Waals surface area contributed by atoms with Crippen LogP contribution >= 0.6 is 34.5 Å². The number of nitrogens with zero attached hydrogens (tertiary/aromatic N) is 3. The Morgan fingerprint density at radius 2 is 2.07 bits per heavy atom. The lowest BCUT2D eigenvalue weighted by molar-refractivity contribution is 0.0342. The summed E-state index contributed by atoms with van der Waals surface area (Å²) in [5.41, 5.74) is 2.93. The van der Waals surface area contributed by atoms with Crippen molar-refractivity contribution < 1.29 is 15.3 Å². The molecule has 1 aliphatic heterocycles. The summed E-state index contributed by atoms with van der Waals surface area (Å²) in [4.78, 5) is 10.7. The number of rotatable bonds is 6. The van der Waals surface area contributed by atoms with Gasteiger partial charge in [0, 0.05) is 29.9 Å². The summed E-state index contributed by atoms with van der Waals surface area (Å²) in [5.74, 6) is 0. The number of halogens is 2. The normalized spacial score (nSPS) is 17.0. The van der Waals surface area contributed by atoms with Gasteiger partial charge in [0.1, 0.15) is 6.10 Å². The van der Waals surface area contributed by atoms with E-state index >= 15 is 0 Å². The number of aliphatic hydroxyl groups excluding tert-OH is 3. The van der Waals surface area contributed by atoms with Gasteiger partial charge in [0.15, 0.2) is 11.5 Å². The molecule has 158 valence electrons. The zero-order chi connectivity index (χ0) is 21.3. The lowest BCUT2D eigenvalue weighted by Crippen LogP contribution is -2.43. The number of thiazole rings is 1. The van der Waals surface area contributed by atoms with Crippen molar-refractivity contribution in [1.82, 2.24) is 14.9 Å². The molecule has 7 nitrogen and oxygen atoms in total. The Labute approximate surface area is 187 Å². The van der Waals surface area contributed by atoms with E-state index in [4.69, 9.17) is 28.3 Å². The van der Waals surface area contributed by atoms with Crippen LogP contribution in [0.25, 0.3) is 15.8 Å². The van der Waals surface area contributed by atoms with Gasteiger partial charge in [-0.2, -0.15) is 0 Å². The molecule has 0 aliphatic carbocycles. The average molecular weight is 467 g/mol. The van der Waals surface area contributed by atoms with Gasteiger partial charge in [-0.15, -0.1) is 0 Å². The number of nitrogens with one attached hydrogen (secondary N) is 1. The van der Waals surface area contributed by atoms with Crippen LogP contribution in [0, 0.1) is 0 Å². The third-order valence-corrected chi connectivity index (χ3v) is 6.39. The maximum Gasteiger partial charge on any atom is 0.186 e. The van der Waals surface area contributed by atoms with Gasteiger partial charge in [-0.1, -0.05) is 40.6 Å². The molecule has 0 spiro atoms. The highest BCUT2D eigenvalue weighted by Crippen LogP contribution is 2.31. The van der Waals surface area contributed by atoms with Gasteiger partial charge < -0.3 is 20.6 Å². The van der Waals surface area contributed by atoms with Gasteiger partial charge in [0.2, 0.25) is 0 Å². The predicted molar refractivity (Wildman–Crippen MR) is 120 cm³/mol. The monoisotopic (exact) mass is 466 g/mol. The van der Waals surface area contributed by atoms with Crippen molar-refractivity contribution in [3.63, 3.8) is 0 Å². The first-order chi connectivity index (χ1) is 14.4. The quantitative estimate of drug-likeness (QED) is 0.412. The first-order valence-electron chi connectivity index (χ1n) is 9.33. The number of aromatic nitrogens is 2. The van der Waals surface area contributed by atoms with Crippen molar-refractivity contribution in [2.45, 2.75) is 18.9 Å². The van der Waals surface area contributed by atoms with E-state index < -0.39 is 12.5 Å². The van der Waals surface area contributed by atoms with E-state index in [0.717, 1.165) is 15.8 Å². The Kier molecular flexibility index (Phi) is 6.54. The third-order valence-electron chi connectivity index (χ3n) is 4.91. The molecule has 10 heteroatoms. The van der Waals surface area contributed by atoms with E-state index in [2.05, 4.69) is 15.3 Å². The van der Waals surface area contributed by atoms with E-state index in [0.29, 0.717) is 45.9 Å². The number of benzene rings is 1. The maximum absolute atomic E-state index is 10.6. The van der Waals surface area contributed by atoms with E-state index in [1.54, 1.807) is 12.1 Å². The van der Waals surface area contributed by atoms with Gasteiger partial charge in [-0.05, 0) is 36.3 Å². The van der Waals surface area contributed by atoms with Gasteiger partial charge in [0.25, 0.3) is 0 Å². The largest absolute Gasteiger partial charge is 0.393 e.